The van der Waals surface area contributed by atoms with Gasteiger partial charge in [-0.15, -0.1) is 11.6 Å². The summed E-state index contributed by atoms with van der Waals surface area (Å²) in [6.45, 7) is 4.02. The third-order valence-electron chi connectivity index (χ3n) is 2.33. The van der Waals surface area contributed by atoms with Crippen molar-refractivity contribution in [1.82, 2.24) is 0 Å². The molecule has 0 nitrogen and oxygen atoms in total. The van der Waals surface area contributed by atoms with E-state index in [4.69, 9.17) is 23.2 Å². The van der Waals surface area contributed by atoms with Crippen molar-refractivity contribution in [3.63, 3.8) is 0 Å². The largest absolute Gasteiger partial charge is 0.205 e. The summed E-state index contributed by atoms with van der Waals surface area (Å²) in [4.78, 5) is 0. The maximum atomic E-state index is 12.8. The summed E-state index contributed by atoms with van der Waals surface area (Å²) < 4.78 is 12.8. The monoisotopic (exact) mass is 234 g/mol. The van der Waals surface area contributed by atoms with E-state index in [1.165, 1.54) is 6.07 Å². The maximum Gasteiger partial charge on any atom is 0.141 e. The molecule has 0 spiro atoms. The fraction of sp³-hybridized carbons (Fsp3) is 0.455. The van der Waals surface area contributed by atoms with Crippen molar-refractivity contribution in [2.45, 2.75) is 25.6 Å². The Bertz CT molecular complexity index is 310. The number of halogens is 3. The Kier molecular flexibility index (Phi) is 4.21. The molecule has 0 saturated heterocycles. The second kappa shape index (κ2) is 4.99. The van der Waals surface area contributed by atoms with Gasteiger partial charge in [-0.2, -0.15) is 0 Å². The fourth-order valence-corrected chi connectivity index (χ4v) is 1.49. The van der Waals surface area contributed by atoms with Crippen LogP contribution >= 0.6 is 23.2 Å². The number of alkyl halides is 1. The van der Waals surface area contributed by atoms with Gasteiger partial charge in [0.2, 0.25) is 0 Å². The molecule has 0 heterocycles. The van der Waals surface area contributed by atoms with Gasteiger partial charge in [-0.3, -0.25) is 0 Å². The van der Waals surface area contributed by atoms with Gasteiger partial charge in [0.05, 0.1) is 5.02 Å². The van der Waals surface area contributed by atoms with Gasteiger partial charge in [0, 0.05) is 5.38 Å². The second-order valence-corrected chi connectivity index (χ2v) is 4.70. The zero-order chi connectivity index (χ0) is 10.7. The van der Waals surface area contributed by atoms with Crippen molar-refractivity contribution < 1.29 is 4.39 Å². The van der Waals surface area contributed by atoms with E-state index in [-0.39, 0.29) is 16.2 Å². The summed E-state index contributed by atoms with van der Waals surface area (Å²) in [5.41, 5.74) is 1.02. The normalized spacial score (nSPS) is 15.2. The van der Waals surface area contributed by atoms with Gasteiger partial charge in [-0.1, -0.05) is 24.6 Å². The predicted octanol–water partition coefficient (Wildman–Crippen LogP) is 4.29. The molecule has 1 aromatic carbocycles. The van der Waals surface area contributed by atoms with Crippen LogP contribution < -0.4 is 0 Å². The van der Waals surface area contributed by atoms with E-state index in [9.17, 15) is 4.39 Å². The molecule has 0 bridgehead atoms. The van der Waals surface area contributed by atoms with Crippen molar-refractivity contribution in [2.75, 3.05) is 0 Å². The molecule has 1 aromatic rings. The molecule has 2 unspecified atom stereocenters. The Morgan fingerprint density at radius 3 is 2.50 bits per heavy atom. The number of benzene rings is 1. The lowest BCUT2D eigenvalue weighted by Crippen LogP contribution is -2.10. The van der Waals surface area contributed by atoms with Gasteiger partial charge in [-0.05, 0) is 37.0 Å². The van der Waals surface area contributed by atoms with Crippen LogP contribution in [0, 0.1) is 11.7 Å². The summed E-state index contributed by atoms with van der Waals surface area (Å²) in [6.07, 6.45) is 0.824. The fourth-order valence-electron chi connectivity index (χ4n) is 1.20. The summed E-state index contributed by atoms with van der Waals surface area (Å²) in [5, 5.41) is 0.288. The summed E-state index contributed by atoms with van der Waals surface area (Å²) in [6, 6.07) is 4.80. The molecule has 0 fully saturated rings. The predicted molar refractivity (Wildman–Crippen MR) is 59.6 cm³/mol. The van der Waals surface area contributed by atoms with Crippen molar-refractivity contribution in [2.24, 2.45) is 5.92 Å². The van der Waals surface area contributed by atoms with Crippen molar-refractivity contribution >= 4 is 23.2 Å². The molecule has 3 heteroatoms. The topological polar surface area (TPSA) is 0 Å². The van der Waals surface area contributed by atoms with E-state index >= 15 is 0 Å². The minimum atomic E-state index is -0.373. The molecule has 0 aliphatic rings. The highest BCUT2D eigenvalue weighted by Gasteiger charge is 2.10. The lowest BCUT2D eigenvalue weighted by atomic mass is 9.99. The van der Waals surface area contributed by atoms with E-state index in [0.717, 1.165) is 12.0 Å². The molecule has 78 valence electrons. The molecule has 0 aliphatic carbocycles. The van der Waals surface area contributed by atoms with Crippen LogP contribution in [0.25, 0.3) is 0 Å². The van der Waals surface area contributed by atoms with Crippen molar-refractivity contribution in [3.8, 4) is 0 Å². The average molecular weight is 235 g/mol. The first-order valence-corrected chi connectivity index (χ1v) is 5.40. The first kappa shape index (κ1) is 11.8. The Hall–Kier alpha value is -0.270. The van der Waals surface area contributed by atoms with Crippen LogP contribution in [0.4, 0.5) is 4.39 Å². The maximum absolute atomic E-state index is 12.8. The van der Waals surface area contributed by atoms with Gasteiger partial charge in [-0.25, -0.2) is 4.39 Å². The number of hydrogen-bond acceptors (Lipinski definition) is 0. The van der Waals surface area contributed by atoms with E-state index in [1.54, 1.807) is 12.1 Å². The smallest absolute Gasteiger partial charge is 0.141 e. The molecule has 0 aliphatic heterocycles. The summed E-state index contributed by atoms with van der Waals surface area (Å²) >= 11 is 11.6. The van der Waals surface area contributed by atoms with Gasteiger partial charge in [0.25, 0.3) is 0 Å². The first-order chi connectivity index (χ1) is 6.50. The van der Waals surface area contributed by atoms with Crippen LogP contribution in [-0.4, -0.2) is 5.38 Å². The highest BCUT2D eigenvalue weighted by atomic mass is 35.5. The minimum absolute atomic E-state index is 0.110. The molecule has 0 amide bonds. The van der Waals surface area contributed by atoms with Crippen LogP contribution in [0.15, 0.2) is 18.2 Å². The van der Waals surface area contributed by atoms with E-state index in [1.807, 2.05) is 6.92 Å². The highest BCUT2D eigenvalue weighted by molar-refractivity contribution is 6.30. The molecule has 0 saturated carbocycles. The highest BCUT2D eigenvalue weighted by Crippen LogP contribution is 2.20. The standard InChI is InChI=1S/C11H13Cl2F/c1-7(8(2)12)5-9-3-4-11(14)10(13)6-9/h3-4,6-8H,5H2,1-2H3. The van der Waals surface area contributed by atoms with Crippen LogP contribution in [0.5, 0.6) is 0 Å². The van der Waals surface area contributed by atoms with Crippen LogP contribution in [0.1, 0.15) is 19.4 Å². The van der Waals surface area contributed by atoms with E-state index < -0.39 is 0 Å². The van der Waals surface area contributed by atoms with Crippen LogP contribution in [-0.2, 0) is 6.42 Å². The van der Waals surface area contributed by atoms with Crippen LogP contribution in [0.2, 0.25) is 5.02 Å². The Morgan fingerprint density at radius 1 is 1.36 bits per heavy atom. The van der Waals surface area contributed by atoms with Gasteiger partial charge >= 0.3 is 0 Å². The zero-order valence-electron chi connectivity index (χ0n) is 8.23. The Balaban J connectivity index is 2.73. The molecule has 14 heavy (non-hydrogen) atoms. The minimum Gasteiger partial charge on any atom is -0.205 e. The Morgan fingerprint density at radius 2 is 2.00 bits per heavy atom. The van der Waals surface area contributed by atoms with Gasteiger partial charge in [0.1, 0.15) is 5.82 Å². The van der Waals surface area contributed by atoms with Crippen molar-refractivity contribution in [1.29, 1.82) is 0 Å². The summed E-state index contributed by atoms with van der Waals surface area (Å²) in [7, 11) is 0. The molecule has 0 aromatic heterocycles. The molecular formula is C11H13Cl2F. The summed E-state index contributed by atoms with van der Waals surface area (Å²) in [5.74, 6) is -0.0137. The van der Waals surface area contributed by atoms with Gasteiger partial charge in [0.15, 0.2) is 0 Å². The van der Waals surface area contributed by atoms with E-state index in [2.05, 4.69) is 6.92 Å². The Labute approximate surface area is 94.0 Å². The molecular weight excluding hydrogens is 222 g/mol. The third kappa shape index (κ3) is 3.14. The third-order valence-corrected chi connectivity index (χ3v) is 3.05. The molecule has 0 radical (unpaired) electrons. The molecule has 1 rings (SSSR count). The average Bonchev–Trinajstić information content (AvgIpc) is 2.11. The SMILES string of the molecule is CC(Cl)C(C)Cc1ccc(F)c(Cl)c1. The first-order valence-electron chi connectivity index (χ1n) is 4.58. The lowest BCUT2D eigenvalue weighted by molar-refractivity contribution is 0.566. The van der Waals surface area contributed by atoms with Gasteiger partial charge < -0.3 is 0 Å². The number of rotatable bonds is 3. The second-order valence-electron chi connectivity index (χ2n) is 3.61. The number of hydrogen-bond donors (Lipinski definition) is 0. The molecule has 2 atom stereocenters. The quantitative estimate of drug-likeness (QED) is 0.685. The molecule has 0 N–H and O–H groups in total. The zero-order valence-corrected chi connectivity index (χ0v) is 9.74. The van der Waals surface area contributed by atoms with Crippen LogP contribution in [0.3, 0.4) is 0 Å². The van der Waals surface area contributed by atoms with E-state index in [0.29, 0.717) is 5.92 Å². The van der Waals surface area contributed by atoms with Crippen molar-refractivity contribution in [3.05, 3.63) is 34.6 Å². The lowest BCUT2D eigenvalue weighted by Gasteiger charge is -2.13.